The molecule has 0 fully saturated rings. The topological polar surface area (TPSA) is 39.7 Å². The lowest BCUT2D eigenvalue weighted by Gasteiger charge is -2.16. The van der Waals surface area contributed by atoms with E-state index in [1.165, 1.54) is 0 Å². The summed E-state index contributed by atoms with van der Waals surface area (Å²) in [7, 11) is 0. The van der Waals surface area contributed by atoms with E-state index >= 15 is 0 Å². The van der Waals surface area contributed by atoms with Gasteiger partial charge in [-0.2, -0.15) is 0 Å². The van der Waals surface area contributed by atoms with Crippen molar-refractivity contribution in [3.05, 3.63) is 56.0 Å². The zero-order chi connectivity index (χ0) is 21.2. The van der Waals surface area contributed by atoms with Crippen LogP contribution in [0.2, 0.25) is 10.0 Å². The standard InChI is InChI=1S/C22H28BrCl2NO3/c1-4-27-21-11-17(13-26-8-5-9-28-15(2)3)18(23)12-22(21)29-14-16-6-7-19(24)20(25)10-16/h6-7,10-12,15,26H,4-5,8-9,13-14H2,1-3H3. The van der Waals surface area contributed by atoms with Crippen LogP contribution >= 0.6 is 39.1 Å². The molecule has 0 saturated heterocycles. The van der Waals surface area contributed by atoms with Gasteiger partial charge in [0.25, 0.3) is 0 Å². The predicted molar refractivity (Wildman–Crippen MR) is 124 cm³/mol. The van der Waals surface area contributed by atoms with Gasteiger partial charge in [-0.3, -0.25) is 0 Å². The zero-order valence-electron chi connectivity index (χ0n) is 17.1. The van der Waals surface area contributed by atoms with Gasteiger partial charge in [0.1, 0.15) is 6.61 Å². The Labute approximate surface area is 192 Å². The van der Waals surface area contributed by atoms with Crippen molar-refractivity contribution < 1.29 is 14.2 Å². The summed E-state index contributed by atoms with van der Waals surface area (Å²) in [5.74, 6) is 1.40. The maximum Gasteiger partial charge on any atom is 0.162 e. The van der Waals surface area contributed by atoms with E-state index in [1.54, 1.807) is 12.1 Å². The summed E-state index contributed by atoms with van der Waals surface area (Å²) in [6, 6.07) is 9.42. The van der Waals surface area contributed by atoms with Crippen LogP contribution in [0.1, 0.15) is 38.3 Å². The maximum atomic E-state index is 6.08. The van der Waals surface area contributed by atoms with E-state index in [0.29, 0.717) is 29.0 Å². The van der Waals surface area contributed by atoms with Crippen LogP contribution in [0.15, 0.2) is 34.8 Å². The Hall–Kier alpha value is -0.980. The van der Waals surface area contributed by atoms with Crippen molar-refractivity contribution in [3.63, 3.8) is 0 Å². The summed E-state index contributed by atoms with van der Waals surface area (Å²) in [5, 5.41) is 4.48. The second-order valence-corrected chi connectivity index (χ2v) is 8.48. The van der Waals surface area contributed by atoms with E-state index in [2.05, 4.69) is 21.2 Å². The van der Waals surface area contributed by atoms with E-state index in [1.807, 2.05) is 39.0 Å². The lowest BCUT2D eigenvalue weighted by molar-refractivity contribution is 0.0770. The molecule has 4 nitrogen and oxygen atoms in total. The first kappa shape index (κ1) is 24.3. The highest BCUT2D eigenvalue weighted by Gasteiger charge is 2.12. The molecule has 0 spiro atoms. The van der Waals surface area contributed by atoms with Crippen molar-refractivity contribution in [1.29, 1.82) is 0 Å². The van der Waals surface area contributed by atoms with Crippen LogP contribution in [0.4, 0.5) is 0 Å². The Morgan fingerprint density at radius 2 is 1.79 bits per heavy atom. The molecule has 0 atom stereocenters. The molecule has 0 aliphatic heterocycles. The van der Waals surface area contributed by atoms with Gasteiger partial charge < -0.3 is 19.5 Å². The zero-order valence-corrected chi connectivity index (χ0v) is 20.2. The van der Waals surface area contributed by atoms with Gasteiger partial charge in [-0.15, -0.1) is 0 Å². The van der Waals surface area contributed by atoms with Gasteiger partial charge in [0.05, 0.1) is 22.8 Å². The van der Waals surface area contributed by atoms with Gasteiger partial charge in [-0.05, 0) is 69.1 Å². The first-order valence-electron chi connectivity index (χ1n) is 9.75. The highest BCUT2D eigenvalue weighted by molar-refractivity contribution is 9.10. The number of ether oxygens (including phenoxy) is 3. The Kier molecular flexibility index (Phi) is 10.6. The number of halogens is 3. The molecule has 29 heavy (non-hydrogen) atoms. The van der Waals surface area contributed by atoms with E-state index in [-0.39, 0.29) is 6.10 Å². The molecule has 160 valence electrons. The second kappa shape index (κ2) is 12.7. The first-order valence-corrected chi connectivity index (χ1v) is 11.3. The lowest BCUT2D eigenvalue weighted by Crippen LogP contribution is -2.17. The number of hydrogen-bond acceptors (Lipinski definition) is 4. The summed E-state index contributed by atoms with van der Waals surface area (Å²) in [5.41, 5.74) is 2.05. The summed E-state index contributed by atoms with van der Waals surface area (Å²) >= 11 is 15.7. The van der Waals surface area contributed by atoms with Crippen LogP contribution < -0.4 is 14.8 Å². The quantitative estimate of drug-likeness (QED) is 0.329. The average molecular weight is 505 g/mol. The van der Waals surface area contributed by atoms with E-state index < -0.39 is 0 Å². The van der Waals surface area contributed by atoms with Crippen LogP contribution in [0.3, 0.4) is 0 Å². The molecule has 0 saturated carbocycles. The van der Waals surface area contributed by atoms with Crippen LogP contribution in [-0.4, -0.2) is 25.9 Å². The largest absolute Gasteiger partial charge is 0.490 e. The van der Waals surface area contributed by atoms with Gasteiger partial charge in [0.2, 0.25) is 0 Å². The van der Waals surface area contributed by atoms with Crippen molar-refractivity contribution in [2.45, 2.75) is 46.4 Å². The molecule has 2 aromatic carbocycles. The SMILES string of the molecule is CCOc1cc(CNCCCOC(C)C)c(Br)cc1OCc1ccc(Cl)c(Cl)c1. The molecule has 0 radical (unpaired) electrons. The monoisotopic (exact) mass is 503 g/mol. The predicted octanol–water partition coefficient (Wildman–Crippen LogP) is 6.64. The average Bonchev–Trinajstić information content (AvgIpc) is 2.67. The van der Waals surface area contributed by atoms with Crippen LogP contribution in [0, 0.1) is 0 Å². The normalized spacial score (nSPS) is 11.1. The van der Waals surface area contributed by atoms with Crippen LogP contribution in [-0.2, 0) is 17.9 Å². The lowest BCUT2D eigenvalue weighted by atomic mass is 10.2. The molecule has 1 N–H and O–H groups in total. The smallest absolute Gasteiger partial charge is 0.162 e. The Morgan fingerprint density at radius 1 is 1.03 bits per heavy atom. The maximum absolute atomic E-state index is 6.08. The summed E-state index contributed by atoms with van der Waals surface area (Å²) in [6.45, 7) is 9.36. The minimum atomic E-state index is 0.273. The van der Waals surface area contributed by atoms with Crippen molar-refractivity contribution in [2.24, 2.45) is 0 Å². The molecular formula is C22H28BrCl2NO3. The summed E-state index contributed by atoms with van der Waals surface area (Å²) in [6.07, 6.45) is 1.24. The molecule has 0 heterocycles. The van der Waals surface area contributed by atoms with Crippen molar-refractivity contribution in [2.75, 3.05) is 19.8 Å². The highest BCUT2D eigenvalue weighted by atomic mass is 79.9. The first-order chi connectivity index (χ1) is 13.9. The fourth-order valence-electron chi connectivity index (χ4n) is 2.62. The summed E-state index contributed by atoms with van der Waals surface area (Å²) < 4.78 is 18.3. The van der Waals surface area contributed by atoms with Crippen LogP contribution in [0.25, 0.3) is 0 Å². The second-order valence-electron chi connectivity index (χ2n) is 6.81. The van der Waals surface area contributed by atoms with E-state index in [0.717, 1.165) is 47.5 Å². The molecule has 0 bridgehead atoms. The molecule has 0 aliphatic rings. The van der Waals surface area contributed by atoms with Gasteiger partial charge in [0.15, 0.2) is 11.5 Å². The Balaban J connectivity index is 1.98. The number of benzene rings is 2. The molecule has 0 unspecified atom stereocenters. The molecule has 0 amide bonds. The fourth-order valence-corrected chi connectivity index (χ4v) is 3.41. The molecule has 0 aliphatic carbocycles. The number of hydrogen-bond donors (Lipinski definition) is 1. The number of rotatable bonds is 12. The van der Waals surface area contributed by atoms with Gasteiger partial charge in [0, 0.05) is 17.6 Å². The molecule has 7 heteroatoms. The third-order valence-electron chi connectivity index (χ3n) is 4.06. The van der Waals surface area contributed by atoms with E-state index in [9.17, 15) is 0 Å². The minimum absolute atomic E-state index is 0.273. The molecule has 2 aromatic rings. The minimum Gasteiger partial charge on any atom is -0.490 e. The van der Waals surface area contributed by atoms with Crippen LogP contribution in [0.5, 0.6) is 11.5 Å². The number of nitrogens with one attached hydrogen (secondary N) is 1. The molecular weight excluding hydrogens is 477 g/mol. The molecule has 0 aromatic heterocycles. The fraction of sp³-hybridized carbons (Fsp3) is 0.455. The van der Waals surface area contributed by atoms with E-state index in [4.69, 9.17) is 37.4 Å². The van der Waals surface area contributed by atoms with Crippen molar-refractivity contribution in [3.8, 4) is 11.5 Å². The summed E-state index contributed by atoms with van der Waals surface area (Å²) in [4.78, 5) is 0. The van der Waals surface area contributed by atoms with Gasteiger partial charge in [-0.1, -0.05) is 45.2 Å². The van der Waals surface area contributed by atoms with Gasteiger partial charge in [-0.25, -0.2) is 0 Å². The Bertz CT molecular complexity index is 787. The highest BCUT2D eigenvalue weighted by Crippen LogP contribution is 2.34. The molecule has 2 rings (SSSR count). The third kappa shape index (κ3) is 8.35. The van der Waals surface area contributed by atoms with Gasteiger partial charge >= 0.3 is 0 Å². The van der Waals surface area contributed by atoms with Crippen molar-refractivity contribution in [1.82, 2.24) is 5.32 Å². The Morgan fingerprint density at radius 3 is 2.48 bits per heavy atom. The third-order valence-corrected chi connectivity index (χ3v) is 5.53. The van der Waals surface area contributed by atoms with Crippen molar-refractivity contribution >= 4 is 39.1 Å².